The van der Waals surface area contributed by atoms with E-state index in [9.17, 15) is 9.59 Å². The lowest BCUT2D eigenvalue weighted by Gasteiger charge is -2.32. The van der Waals surface area contributed by atoms with Gasteiger partial charge in [-0.1, -0.05) is 0 Å². The van der Waals surface area contributed by atoms with E-state index in [0.717, 1.165) is 45.7 Å². The second kappa shape index (κ2) is 7.59. The van der Waals surface area contributed by atoms with Crippen LogP contribution in [0.15, 0.2) is 18.2 Å². The van der Waals surface area contributed by atoms with Crippen LogP contribution in [0.1, 0.15) is 16.8 Å². The Hall–Kier alpha value is -1.83. The zero-order valence-electron chi connectivity index (χ0n) is 14.0. The number of likely N-dealkylation sites (tertiary alicyclic amines) is 1. The Morgan fingerprint density at radius 3 is 2.80 bits per heavy atom. The number of halogens is 1. The van der Waals surface area contributed by atoms with Gasteiger partial charge in [-0.15, -0.1) is 12.4 Å². The zero-order chi connectivity index (χ0) is 16.5. The van der Waals surface area contributed by atoms with Crippen molar-refractivity contribution in [3.05, 3.63) is 23.8 Å². The number of carbonyl (C=O) groups is 2. The van der Waals surface area contributed by atoms with Crippen molar-refractivity contribution in [2.45, 2.75) is 12.5 Å². The van der Waals surface area contributed by atoms with Gasteiger partial charge < -0.3 is 20.3 Å². The number of nitrogens with one attached hydrogen (secondary N) is 2. The van der Waals surface area contributed by atoms with Crippen LogP contribution in [0, 0.1) is 0 Å². The molecule has 0 spiro atoms. The molecular formula is C17H23ClN4O3. The molecule has 0 saturated carbocycles. The largest absolute Gasteiger partial charge is 0.482 e. The van der Waals surface area contributed by atoms with Gasteiger partial charge in [-0.2, -0.15) is 0 Å². The van der Waals surface area contributed by atoms with Gasteiger partial charge in [-0.3, -0.25) is 14.5 Å². The Morgan fingerprint density at radius 1 is 1.20 bits per heavy atom. The van der Waals surface area contributed by atoms with E-state index in [1.54, 1.807) is 18.2 Å². The highest BCUT2D eigenvalue weighted by atomic mass is 35.5. The van der Waals surface area contributed by atoms with Gasteiger partial charge in [0, 0.05) is 50.9 Å². The van der Waals surface area contributed by atoms with E-state index in [1.807, 2.05) is 4.90 Å². The molecule has 1 aromatic carbocycles. The van der Waals surface area contributed by atoms with Gasteiger partial charge in [0.1, 0.15) is 5.75 Å². The summed E-state index contributed by atoms with van der Waals surface area (Å²) in [4.78, 5) is 28.6. The van der Waals surface area contributed by atoms with E-state index in [2.05, 4.69) is 15.5 Å². The van der Waals surface area contributed by atoms with Crippen LogP contribution in [0.4, 0.5) is 5.69 Å². The highest BCUT2D eigenvalue weighted by molar-refractivity contribution is 6.00. The quantitative estimate of drug-likeness (QED) is 0.800. The van der Waals surface area contributed by atoms with Crippen LogP contribution in [0.3, 0.4) is 0 Å². The van der Waals surface area contributed by atoms with E-state index in [-0.39, 0.29) is 30.8 Å². The molecule has 1 unspecified atom stereocenters. The smallest absolute Gasteiger partial charge is 0.262 e. The molecule has 2 fully saturated rings. The molecule has 3 aliphatic heterocycles. The maximum absolute atomic E-state index is 12.8. The molecule has 2 N–H and O–H groups in total. The third kappa shape index (κ3) is 3.73. The molecule has 2 saturated heterocycles. The Kier molecular flexibility index (Phi) is 5.46. The summed E-state index contributed by atoms with van der Waals surface area (Å²) in [6, 6.07) is 5.70. The highest BCUT2D eigenvalue weighted by Crippen LogP contribution is 2.29. The van der Waals surface area contributed by atoms with Gasteiger partial charge in [-0.25, -0.2) is 0 Å². The first-order valence-corrected chi connectivity index (χ1v) is 8.51. The van der Waals surface area contributed by atoms with Crippen molar-refractivity contribution in [1.82, 2.24) is 15.1 Å². The number of benzene rings is 1. The van der Waals surface area contributed by atoms with Crippen molar-refractivity contribution in [2.75, 3.05) is 51.2 Å². The van der Waals surface area contributed by atoms with Crippen molar-refractivity contribution in [1.29, 1.82) is 0 Å². The van der Waals surface area contributed by atoms with Gasteiger partial charge in [0.25, 0.3) is 11.8 Å². The lowest BCUT2D eigenvalue weighted by atomic mass is 10.1. The summed E-state index contributed by atoms with van der Waals surface area (Å²) >= 11 is 0. The average molecular weight is 367 g/mol. The number of nitrogens with zero attached hydrogens (tertiary/aromatic N) is 2. The SMILES string of the molecule is Cl.O=C1COc2ccc(C(=O)N3CCC(N4CCNCC4)C3)cc2N1. The second-order valence-electron chi connectivity index (χ2n) is 6.53. The van der Waals surface area contributed by atoms with E-state index < -0.39 is 0 Å². The Morgan fingerprint density at radius 2 is 2.00 bits per heavy atom. The summed E-state index contributed by atoms with van der Waals surface area (Å²) in [5, 5.41) is 6.12. The minimum Gasteiger partial charge on any atom is -0.482 e. The third-order valence-corrected chi connectivity index (χ3v) is 4.98. The first-order valence-electron chi connectivity index (χ1n) is 8.51. The fourth-order valence-corrected chi connectivity index (χ4v) is 3.67. The average Bonchev–Trinajstić information content (AvgIpc) is 3.11. The standard InChI is InChI=1S/C17H22N4O3.ClH/c22-16-11-24-15-2-1-12(9-14(15)19-16)17(23)21-6-3-13(10-21)20-7-4-18-5-8-20;/h1-2,9,13,18H,3-8,10-11H2,(H,19,22);1H. The highest BCUT2D eigenvalue weighted by Gasteiger charge is 2.31. The van der Waals surface area contributed by atoms with E-state index >= 15 is 0 Å². The number of carbonyl (C=O) groups excluding carboxylic acids is 2. The van der Waals surface area contributed by atoms with E-state index in [0.29, 0.717) is 23.0 Å². The molecule has 1 aromatic rings. The van der Waals surface area contributed by atoms with Crippen molar-refractivity contribution in [3.63, 3.8) is 0 Å². The van der Waals surface area contributed by atoms with Gasteiger partial charge in [0.2, 0.25) is 0 Å². The molecule has 7 nitrogen and oxygen atoms in total. The zero-order valence-corrected chi connectivity index (χ0v) is 14.8. The molecule has 1 atom stereocenters. The molecule has 3 aliphatic rings. The number of fused-ring (bicyclic) bond motifs is 1. The van der Waals surface area contributed by atoms with Crippen LogP contribution in [0.25, 0.3) is 0 Å². The normalized spacial score (nSPS) is 23.3. The van der Waals surface area contributed by atoms with Crippen molar-refractivity contribution in [3.8, 4) is 5.75 Å². The Labute approximate surface area is 153 Å². The first-order chi connectivity index (χ1) is 11.7. The maximum atomic E-state index is 12.8. The summed E-state index contributed by atoms with van der Waals surface area (Å²) in [6.45, 7) is 5.73. The van der Waals surface area contributed by atoms with Crippen LogP contribution in [0.5, 0.6) is 5.75 Å². The molecule has 0 aromatic heterocycles. The summed E-state index contributed by atoms with van der Waals surface area (Å²) in [5.41, 5.74) is 1.18. The number of hydrogen-bond donors (Lipinski definition) is 2. The molecule has 25 heavy (non-hydrogen) atoms. The third-order valence-electron chi connectivity index (χ3n) is 4.98. The number of anilines is 1. The lowest BCUT2D eigenvalue weighted by molar-refractivity contribution is -0.118. The molecule has 3 heterocycles. The molecule has 8 heteroatoms. The summed E-state index contributed by atoms with van der Waals surface area (Å²) < 4.78 is 5.34. The topological polar surface area (TPSA) is 73.9 Å². The Bertz CT molecular complexity index is 663. The molecule has 136 valence electrons. The molecule has 0 bridgehead atoms. The number of piperazine rings is 1. The molecule has 0 radical (unpaired) electrons. The fraction of sp³-hybridized carbons (Fsp3) is 0.529. The number of rotatable bonds is 2. The number of hydrogen-bond acceptors (Lipinski definition) is 5. The summed E-state index contributed by atoms with van der Waals surface area (Å²) in [5.74, 6) is 0.452. The van der Waals surface area contributed by atoms with Gasteiger partial charge in [0.05, 0.1) is 5.69 Å². The first kappa shape index (κ1) is 18.0. The minimum atomic E-state index is -0.188. The van der Waals surface area contributed by atoms with E-state index in [4.69, 9.17) is 4.74 Å². The van der Waals surface area contributed by atoms with Crippen LogP contribution in [-0.2, 0) is 4.79 Å². The Balaban J connectivity index is 0.00000182. The minimum absolute atomic E-state index is 0. The van der Waals surface area contributed by atoms with Crippen LogP contribution >= 0.6 is 12.4 Å². The van der Waals surface area contributed by atoms with Crippen molar-refractivity contribution in [2.24, 2.45) is 0 Å². The monoisotopic (exact) mass is 366 g/mol. The number of amides is 2. The fourth-order valence-electron chi connectivity index (χ4n) is 3.67. The lowest BCUT2D eigenvalue weighted by Crippen LogP contribution is -2.49. The maximum Gasteiger partial charge on any atom is 0.262 e. The predicted octanol–water partition coefficient (Wildman–Crippen LogP) is 0.559. The summed E-state index contributed by atoms with van der Waals surface area (Å²) in [7, 11) is 0. The van der Waals surface area contributed by atoms with Crippen LogP contribution in [0.2, 0.25) is 0 Å². The van der Waals surface area contributed by atoms with Gasteiger partial charge >= 0.3 is 0 Å². The van der Waals surface area contributed by atoms with Crippen molar-refractivity contribution < 1.29 is 14.3 Å². The van der Waals surface area contributed by atoms with Crippen LogP contribution < -0.4 is 15.4 Å². The molecule has 4 rings (SSSR count). The molecule has 2 amide bonds. The summed E-state index contributed by atoms with van der Waals surface area (Å²) in [6.07, 6.45) is 1.02. The van der Waals surface area contributed by atoms with Gasteiger partial charge in [0.15, 0.2) is 6.61 Å². The van der Waals surface area contributed by atoms with Crippen LogP contribution in [-0.4, -0.2) is 73.5 Å². The molecule has 0 aliphatic carbocycles. The molecular weight excluding hydrogens is 344 g/mol. The predicted molar refractivity (Wildman–Crippen MR) is 96.6 cm³/mol. The second-order valence-corrected chi connectivity index (χ2v) is 6.53. The van der Waals surface area contributed by atoms with Crippen molar-refractivity contribution >= 4 is 29.9 Å². The van der Waals surface area contributed by atoms with Gasteiger partial charge in [-0.05, 0) is 24.6 Å². The number of ether oxygens (including phenoxy) is 1. The van der Waals surface area contributed by atoms with E-state index in [1.165, 1.54) is 0 Å².